The number of ether oxygens (including phenoxy) is 1. The van der Waals surface area contributed by atoms with Crippen molar-refractivity contribution in [3.63, 3.8) is 0 Å². The smallest absolute Gasteiger partial charge is 0.348 e. The van der Waals surface area contributed by atoms with Gasteiger partial charge >= 0.3 is 5.97 Å². The molecule has 0 fully saturated rings. The average molecular weight is 296 g/mol. The maximum Gasteiger partial charge on any atom is 0.348 e. The Morgan fingerprint density at radius 2 is 2.15 bits per heavy atom. The third kappa shape index (κ3) is 2.65. The summed E-state index contributed by atoms with van der Waals surface area (Å²) in [5.74, 6) is -0.466. The Kier molecular flexibility index (Phi) is 4.65. The minimum absolute atomic E-state index is 0.293. The monoisotopic (exact) mass is 296 g/mol. The lowest BCUT2D eigenvalue weighted by molar-refractivity contribution is -0.135. The van der Waals surface area contributed by atoms with Crippen LogP contribution in [0.2, 0.25) is 0 Å². The Hall–Kier alpha value is -1.56. The van der Waals surface area contributed by atoms with Crippen LogP contribution in [-0.2, 0) is 19.5 Å². The van der Waals surface area contributed by atoms with E-state index in [4.69, 9.17) is 4.74 Å². The van der Waals surface area contributed by atoms with E-state index in [0.29, 0.717) is 23.1 Å². The molecule has 0 aromatic heterocycles. The highest BCUT2D eigenvalue weighted by atomic mass is 32.1. The van der Waals surface area contributed by atoms with E-state index in [1.807, 2.05) is 20.0 Å². The van der Waals surface area contributed by atoms with Gasteiger partial charge in [0.05, 0.1) is 23.1 Å². The first kappa shape index (κ1) is 14.8. The van der Waals surface area contributed by atoms with Crippen molar-refractivity contribution in [2.45, 2.75) is 40.0 Å². The Morgan fingerprint density at radius 3 is 2.75 bits per heavy atom. The first-order valence-electron chi connectivity index (χ1n) is 6.99. The van der Waals surface area contributed by atoms with Gasteiger partial charge in [-0.05, 0) is 24.8 Å². The van der Waals surface area contributed by atoms with Gasteiger partial charge in [0.25, 0.3) is 0 Å². The van der Waals surface area contributed by atoms with Crippen LogP contribution in [0, 0.1) is 0 Å². The van der Waals surface area contributed by atoms with E-state index in [1.54, 1.807) is 4.90 Å². The number of hydrogen-bond donors (Lipinski definition) is 0. The molecular formula is C14H20N2O3S. The minimum atomic E-state index is -1.50. The molecule has 5 nitrogen and oxygen atoms in total. The third-order valence-corrected chi connectivity index (χ3v) is 4.64. The quantitative estimate of drug-likeness (QED) is 0.569. The number of aliphatic imine (C=N–C) groups is 1. The van der Waals surface area contributed by atoms with Crippen molar-refractivity contribution in [3.8, 4) is 0 Å². The van der Waals surface area contributed by atoms with E-state index in [2.05, 4.69) is 11.9 Å². The van der Waals surface area contributed by atoms with Gasteiger partial charge in [-0.1, -0.05) is 20.8 Å². The Bertz CT molecular complexity index is 629. The topological polar surface area (TPSA) is 59.0 Å². The summed E-state index contributed by atoms with van der Waals surface area (Å²) in [6.45, 7) is 6.68. The molecule has 0 spiro atoms. The van der Waals surface area contributed by atoms with Gasteiger partial charge in [0.15, 0.2) is 0 Å². The van der Waals surface area contributed by atoms with Crippen molar-refractivity contribution in [2.75, 3.05) is 13.2 Å². The molecule has 20 heavy (non-hydrogen) atoms. The van der Waals surface area contributed by atoms with Crippen molar-refractivity contribution in [3.05, 3.63) is 11.8 Å². The summed E-state index contributed by atoms with van der Waals surface area (Å²) < 4.78 is 17.4. The number of esters is 1. The minimum Gasteiger partial charge on any atom is -0.462 e. The normalized spacial score (nSPS) is 17.9. The first-order valence-corrected chi connectivity index (χ1v) is 8.14. The molecule has 0 unspecified atom stereocenters. The second kappa shape index (κ2) is 6.26. The molecule has 2 aliphatic rings. The maximum absolute atomic E-state index is 12.4. The second-order valence-corrected chi connectivity index (χ2v) is 6.05. The van der Waals surface area contributed by atoms with Crippen LogP contribution in [0.4, 0.5) is 0 Å². The molecule has 0 radical (unpaired) electrons. The Balaban J connectivity index is 2.35. The lowest BCUT2D eigenvalue weighted by atomic mass is 10.1. The fraction of sp³-hybridized carbons (Fsp3) is 0.571. The standard InChI is InChI=1S/C14H20N2O3S/c1-4-7-19-13(17)12-9-16-8-10(5-2)11(6-3)15-14(16)20(12)18/h8H,4-7,9H2,1-3H3. The zero-order valence-electron chi connectivity index (χ0n) is 12.1. The molecule has 0 bridgehead atoms. The van der Waals surface area contributed by atoms with Crippen molar-refractivity contribution in [2.24, 2.45) is 4.99 Å². The van der Waals surface area contributed by atoms with Gasteiger partial charge in [0, 0.05) is 11.9 Å². The number of allylic oxidation sites excluding steroid dienone is 1. The number of nitrogens with zero attached hydrogens (tertiary/aromatic N) is 2. The van der Waals surface area contributed by atoms with E-state index < -0.39 is 15.9 Å². The number of hydrogen-bond acceptors (Lipinski definition) is 5. The van der Waals surface area contributed by atoms with Crippen LogP contribution in [-0.4, -0.2) is 43.9 Å². The molecule has 0 saturated heterocycles. The fourth-order valence-corrected chi connectivity index (χ4v) is 3.38. The van der Waals surface area contributed by atoms with Crippen LogP contribution in [0.1, 0.15) is 40.0 Å². The molecule has 0 aliphatic carbocycles. The predicted molar refractivity (Wildman–Crippen MR) is 82.2 cm³/mol. The number of fused-ring (bicyclic) bond motifs is 1. The lowest BCUT2D eigenvalue weighted by Crippen LogP contribution is -2.31. The second-order valence-electron chi connectivity index (χ2n) is 4.66. The Labute approximate surface area is 120 Å². The van der Waals surface area contributed by atoms with Gasteiger partial charge in [-0.25, -0.2) is 14.0 Å². The van der Waals surface area contributed by atoms with Gasteiger partial charge in [-0.2, -0.15) is 0 Å². The molecule has 0 atom stereocenters. The summed E-state index contributed by atoms with van der Waals surface area (Å²) >= 11 is 0. The highest BCUT2D eigenvalue weighted by molar-refractivity contribution is 7.86. The van der Waals surface area contributed by atoms with Crippen LogP contribution in [0.15, 0.2) is 16.8 Å². The Morgan fingerprint density at radius 1 is 1.40 bits per heavy atom. The highest BCUT2D eigenvalue weighted by Crippen LogP contribution is 2.18. The third-order valence-electron chi connectivity index (χ3n) is 3.24. The van der Waals surface area contributed by atoms with E-state index >= 15 is 0 Å². The van der Waals surface area contributed by atoms with Gasteiger partial charge in [-0.15, -0.1) is 0 Å². The van der Waals surface area contributed by atoms with Crippen molar-refractivity contribution < 1.29 is 13.7 Å². The molecule has 0 aromatic carbocycles. The zero-order chi connectivity index (χ0) is 14.7. The molecule has 0 aromatic rings. The van der Waals surface area contributed by atoms with Crippen LogP contribution in [0.25, 0.3) is 0 Å². The summed E-state index contributed by atoms with van der Waals surface area (Å²) in [4.78, 5) is 18.5. The van der Waals surface area contributed by atoms with E-state index in [1.165, 1.54) is 0 Å². The van der Waals surface area contributed by atoms with Crippen molar-refractivity contribution in [1.82, 2.24) is 4.90 Å². The zero-order valence-corrected chi connectivity index (χ0v) is 13.0. The molecule has 0 amide bonds. The van der Waals surface area contributed by atoms with Crippen LogP contribution >= 0.6 is 0 Å². The van der Waals surface area contributed by atoms with Crippen LogP contribution < -0.4 is 0 Å². The van der Waals surface area contributed by atoms with Crippen LogP contribution in [0.3, 0.4) is 0 Å². The average Bonchev–Trinajstić information content (AvgIpc) is 2.79. The van der Waals surface area contributed by atoms with Gasteiger partial charge in [-0.3, -0.25) is 0 Å². The van der Waals surface area contributed by atoms with E-state index in [9.17, 15) is 9.00 Å². The van der Waals surface area contributed by atoms with Crippen molar-refractivity contribution >= 4 is 31.6 Å². The SMILES string of the molecule is CCCOC(=O)C1=S(=O)=C2N=C(CC)C(CC)=CN2C1. The molecule has 2 heterocycles. The molecule has 2 rings (SSSR count). The molecular weight excluding hydrogens is 276 g/mol. The molecule has 0 N–H and O–H groups in total. The highest BCUT2D eigenvalue weighted by Gasteiger charge is 2.29. The molecule has 110 valence electrons. The number of carbonyl (C=O) groups excluding carboxylic acids is 1. The summed E-state index contributed by atoms with van der Waals surface area (Å²) in [6.07, 6.45) is 4.38. The predicted octanol–water partition coefficient (Wildman–Crippen LogP) is 1.42. The summed E-state index contributed by atoms with van der Waals surface area (Å²) in [6, 6.07) is 0. The van der Waals surface area contributed by atoms with E-state index in [-0.39, 0.29) is 0 Å². The molecule has 2 aliphatic heterocycles. The van der Waals surface area contributed by atoms with Crippen LogP contribution in [0.5, 0.6) is 0 Å². The first-order chi connectivity index (χ1) is 9.62. The summed E-state index contributed by atoms with van der Waals surface area (Å²) in [5, 5.41) is 0.461. The maximum atomic E-state index is 12.4. The van der Waals surface area contributed by atoms with Gasteiger partial charge in [0.2, 0.25) is 5.11 Å². The number of rotatable bonds is 5. The van der Waals surface area contributed by atoms with Gasteiger partial charge < -0.3 is 9.64 Å². The summed E-state index contributed by atoms with van der Waals surface area (Å²) in [7, 11) is -1.50. The summed E-state index contributed by atoms with van der Waals surface area (Å²) in [5.41, 5.74) is 2.09. The molecule has 0 saturated carbocycles. The van der Waals surface area contributed by atoms with Crippen molar-refractivity contribution in [1.29, 1.82) is 0 Å². The largest absolute Gasteiger partial charge is 0.462 e. The van der Waals surface area contributed by atoms with E-state index in [0.717, 1.165) is 30.5 Å². The lowest BCUT2D eigenvalue weighted by Gasteiger charge is -2.22. The number of carbonyl (C=O) groups is 1. The fourth-order valence-electron chi connectivity index (χ4n) is 2.17. The van der Waals surface area contributed by atoms with Gasteiger partial charge in [0.1, 0.15) is 4.86 Å². The molecule has 6 heteroatoms.